The van der Waals surface area contributed by atoms with Crippen molar-refractivity contribution in [2.24, 2.45) is 0 Å². The van der Waals surface area contributed by atoms with Gasteiger partial charge in [0, 0.05) is 19.2 Å². The first-order chi connectivity index (χ1) is 17.5. The van der Waals surface area contributed by atoms with E-state index in [4.69, 9.17) is 23.2 Å². The standard InChI is InChI=1S/C28H27Cl2N5O/c1-19-26(30)28(35-27(33-19)23-16-15-22(29)17-31-23)32-18-24(21-12-6-3-7-13-21)34-25(36)14-8-11-20-9-4-2-5-10-20/h2-7,9-10,12-13,15-17,24H,8,11,14,18H2,1H3,(H,34,36)(H,32,33,35)/t24-/m0/s1. The van der Waals surface area contributed by atoms with Crippen LogP contribution in [0.2, 0.25) is 10.0 Å². The minimum absolute atomic E-state index is 0.00222. The van der Waals surface area contributed by atoms with Crippen molar-refractivity contribution in [3.63, 3.8) is 0 Å². The van der Waals surface area contributed by atoms with Crippen LogP contribution in [0.3, 0.4) is 0 Å². The molecule has 1 atom stereocenters. The van der Waals surface area contributed by atoms with Crippen molar-refractivity contribution in [1.82, 2.24) is 20.3 Å². The minimum atomic E-state index is -0.265. The Bertz CT molecular complexity index is 1280. The Labute approximate surface area is 221 Å². The van der Waals surface area contributed by atoms with E-state index < -0.39 is 0 Å². The first-order valence-corrected chi connectivity index (χ1v) is 12.5. The molecule has 2 heterocycles. The van der Waals surface area contributed by atoms with E-state index in [2.05, 4.69) is 37.7 Å². The molecule has 0 radical (unpaired) electrons. The molecule has 4 rings (SSSR count). The molecule has 0 aliphatic rings. The topological polar surface area (TPSA) is 79.8 Å². The molecule has 0 bridgehead atoms. The summed E-state index contributed by atoms with van der Waals surface area (Å²) in [7, 11) is 0. The van der Waals surface area contributed by atoms with Crippen molar-refractivity contribution in [3.8, 4) is 11.5 Å². The Morgan fingerprint density at radius 2 is 1.67 bits per heavy atom. The van der Waals surface area contributed by atoms with Gasteiger partial charge in [0.2, 0.25) is 5.91 Å². The average molecular weight is 520 g/mol. The smallest absolute Gasteiger partial charge is 0.220 e. The molecule has 2 N–H and O–H groups in total. The maximum Gasteiger partial charge on any atom is 0.220 e. The number of nitrogens with zero attached hydrogens (tertiary/aromatic N) is 3. The van der Waals surface area contributed by atoms with Crippen LogP contribution in [-0.2, 0) is 11.2 Å². The number of aromatic nitrogens is 3. The molecule has 0 saturated heterocycles. The Morgan fingerprint density at radius 1 is 0.944 bits per heavy atom. The highest BCUT2D eigenvalue weighted by molar-refractivity contribution is 6.33. The first kappa shape index (κ1) is 25.6. The van der Waals surface area contributed by atoms with Gasteiger partial charge in [-0.2, -0.15) is 0 Å². The zero-order valence-electron chi connectivity index (χ0n) is 19.9. The van der Waals surface area contributed by atoms with E-state index in [0.29, 0.717) is 46.0 Å². The number of hydrogen-bond donors (Lipinski definition) is 2. The zero-order chi connectivity index (χ0) is 25.3. The normalized spacial score (nSPS) is 11.6. The number of amides is 1. The van der Waals surface area contributed by atoms with Gasteiger partial charge in [0.1, 0.15) is 16.5 Å². The number of anilines is 1. The molecule has 0 aliphatic heterocycles. The molecule has 8 heteroatoms. The second-order valence-electron chi connectivity index (χ2n) is 8.41. The summed E-state index contributed by atoms with van der Waals surface area (Å²) < 4.78 is 0. The Morgan fingerprint density at radius 3 is 2.36 bits per heavy atom. The van der Waals surface area contributed by atoms with E-state index >= 15 is 0 Å². The van der Waals surface area contributed by atoms with E-state index in [1.165, 1.54) is 5.56 Å². The third kappa shape index (κ3) is 7.03. The number of rotatable bonds is 10. The van der Waals surface area contributed by atoms with Gasteiger partial charge in [0.25, 0.3) is 0 Å². The van der Waals surface area contributed by atoms with Crippen molar-refractivity contribution in [2.75, 3.05) is 11.9 Å². The lowest BCUT2D eigenvalue weighted by Gasteiger charge is -2.21. The number of aryl methyl sites for hydroxylation is 2. The quantitative estimate of drug-likeness (QED) is 0.251. The van der Waals surface area contributed by atoms with E-state index in [9.17, 15) is 4.79 Å². The van der Waals surface area contributed by atoms with Crippen LogP contribution in [0.4, 0.5) is 5.82 Å². The number of carbonyl (C=O) groups excluding carboxylic acids is 1. The molecular weight excluding hydrogens is 493 g/mol. The van der Waals surface area contributed by atoms with Crippen LogP contribution in [0.25, 0.3) is 11.5 Å². The highest BCUT2D eigenvalue weighted by atomic mass is 35.5. The van der Waals surface area contributed by atoms with Gasteiger partial charge >= 0.3 is 0 Å². The summed E-state index contributed by atoms with van der Waals surface area (Å²) in [5.74, 6) is 0.921. The Kier molecular flexibility index (Phi) is 8.87. The molecule has 0 spiro atoms. The molecule has 4 aromatic rings. The van der Waals surface area contributed by atoms with E-state index in [1.807, 2.05) is 55.5 Å². The maximum atomic E-state index is 12.8. The lowest BCUT2D eigenvalue weighted by molar-refractivity contribution is -0.121. The van der Waals surface area contributed by atoms with E-state index in [-0.39, 0.29) is 11.9 Å². The van der Waals surface area contributed by atoms with Gasteiger partial charge in [-0.25, -0.2) is 9.97 Å². The fourth-order valence-corrected chi connectivity index (χ4v) is 4.06. The fraction of sp³-hybridized carbons (Fsp3) is 0.214. The monoisotopic (exact) mass is 519 g/mol. The molecule has 184 valence electrons. The van der Waals surface area contributed by atoms with Crippen molar-refractivity contribution in [1.29, 1.82) is 0 Å². The zero-order valence-corrected chi connectivity index (χ0v) is 21.4. The van der Waals surface area contributed by atoms with Gasteiger partial charge in [-0.05, 0) is 43.0 Å². The van der Waals surface area contributed by atoms with Gasteiger partial charge in [-0.3, -0.25) is 9.78 Å². The van der Waals surface area contributed by atoms with E-state index in [0.717, 1.165) is 18.4 Å². The maximum absolute atomic E-state index is 12.8. The number of nitrogens with one attached hydrogen (secondary N) is 2. The molecule has 36 heavy (non-hydrogen) atoms. The summed E-state index contributed by atoms with van der Waals surface area (Å²) >= 11 is 12.5. The van der Waals surface area contributed by atoms with Gasteiger partial charge in [-0.1, -0.05) is 83.9 Å². The van der Waals surface area contributed by atoms with E-state index in [1.54, 1.807) is 18.3 Å². The van der Waals surface area contributed by atoms with Crippen LogP contribution < -0.4 is 10.6 Å². The second-order valence-corrected chi connectivity index (χ2v) is 9.22. The molecule has 0 fully saturated rings. The summed E-state index contributed by atoms with van der Waals surface area (Å²) in [5.41, 5.74) is 3.44. The predicted molar refractivity (Wildman–Crippen MR) is 145 cm³/mol. The third-order valence-corrected chi connectivity index (χ3v) is 6.37. The van der Waals surface area contributed by atoms with Crippen LogP contribution in [0, 0.1) is 6.92 Å². The predicted octanol–water partition coefficient (Wildman–Crippen LogP) is 6.45. The van der Waals surface area contributed by atoms with Crippen LogP contribution >= 0.6 is 23.2 Å². The molecule has 2 aromatic heterocycles. The summed E-state index contributed by atoms with van der Waals surface area (Å²) in [6, 6.07) is 23.3. The molecule has 0 unspecified atom stereocenters. The first-order valence-electron chi connectivity index (χ1n) is 11.8. The third-order valence-electron chi connectivity index (χ3n) is 5.70. The molecule has 1 amide bonds. The number of halogens is 2. The number of benzene rings is 2. The second kappa shape index (κ2) is 12.5. The largest absolute Gasteiger partial charge is 0.366 e. The average Bonchev–Trinajstić information content (AvgIpc) is 2.90. The van der Waals surface area contributed by atoms with Crippen molar-refractivity contribution in [3.05, 3.63) is 106 Å². The Hall–Kier alpha value is -3.48. The summed E-state index contributed by atoms with van der Waals surface area (Å²) in [6.07, 6.45) is 3.63. The van der Waals surface area contributed by atoms with Gasteiger partial charge in [0.05, 0.1) is 16.8 Å². The highest BCUT2D eigenvalue weighted by Crippen LogP contribution is 2.27. The van der Waals surface area contributed by atoms with Crippen LogP contribution in [0.1, 0.15) is 35.7 Å². The Balaban J connectivity index is 1.45. The summed E-state index contributed by atoms with van der Waals surface area (Å²) in [6.45, 7) is 2.22. The summed E-state index contributed by atoms with van der Waals surface area (Å²) in [4.78, 5) is 26.2. The number of hydrogen-bond acceptors (Lipinski definition) is 5. The summed E-state index contributed by atoms with van der Waals surface area (Å²) in [5, 5.41) is 7.43. The number of carbonyl (C=O) groups is 1. The fourth-order valence-electron chi connectivity index (χ4n) is 3.80. The lowest BCUT2D eigenvalue weighted by Crippen LogP contribution is -2.33. The molecular formula is C28H27Cl2N5O. The van der Waals surface area contributed by atoms with Gasteiger partial charge in [-0.15, -0.1) is 0 Å². The molecule has 2 aromatic carbocycles. The van der Waals surface area contributed by atoms with Crippen molar-refractivity contribution >= 4 is 34.9 Å². The van der Waals surface area contributed by atoms with Crippen LogP contribution in [0.5, 0.6) is 0 Å². The minimum Gasteiger partial charge on any atom is -0.366 e. The SMILES string of the molecule is Cc1nc(-c2ccc(Cl)cn2)nc(NC[C@H](NC(=O)CCCc2ccccc2)c2ccccc2)c1Cl. The highest BCUT2D eigenvalue weighted by Gasteiger charge is 2.17. The molecule has 6 nitrogen and oxygen atoms in total. The lowest BCUT2D eigenvalue weighted by atomic mass is 10.1. The molecule has 0 saturated carbocycles. The van der Waals surface area contributed by atoms with Crippen LogP contribution in [-0.4, -0.2) is 27.4 Å². The van der Waals surface area contributed by atoms with Gasteiger partial charge < -0.3 is 10.6 Å². The van der Waals surface area contributed by atoms with Crippen molar-refractivity contribution < 1.29 is 4.79 Å². The van der Waals surface area contributed by atoms with Crippen LogP contribution in [0.15, 0.2) is 79.0 Å². The molecule has 0 aliphatic carbocycles. The van der Waals surface area contributed by atoms with Crippen molar-refractivity contribution in [2.45, 2.75) is 32.2 Å². The van der Waals surface area contributed by atoms with Gasteiger partial charge in [0.15, 0.2) is 5.82 Å². The number of pyridine rings is 1.